The second kappa shape index (κ2) is 7.70. The smallest absolute Gasteiger partial charge is 0.249 e. The molecule has 4 amide bonds. The van der Waals surface area contributed by atoms with Crippen molar-refractivity contribution in [2.45, 2.75) is 32.0 Å². The van der Waals surface area contributed by atoms with Gasteiger partial charge in [-0.1, -0.05) is 54.1 Å². The van der Waals surface area contributed by atoms with E-state index in [9.17, 15) is 19.2 Å². The molecule has 2 aromatic carbocycles. The first-order valence-corrected chi connectivity index (χ1v) is 11.4. The second-order valence-electron chi connectivity index (χ2n) is 8.98. The Morgan fingerprint density at radius 2 is 1.64 bits per heavy atom. The summed E-state index contributed by atoms with van der Waals surface area (Å²) in [6.45, 7) is 3.76. The molecule has 0 aromatic heterocycles. The highest BCUT2D eigenvalue weighted by molar-refractivity contribution is 6.30. The molecule has 3 aliphatic rings. The molecule has 3 saturated heterocycles. The molecule has 0 N–H and O–H groups in total. The zero-order valence-corrected chi connectivity index (χ0v) is 19.2. The van der Waals surface area contributed by atoms with Crippen LogP contribution >= 0.6 is 11.6 Å². The Hall–Kier alpha value is -3.19. The van der Waals surface area contributed by atoms with Gasteiger partial charge in [0.15, 0.2) is 0 Å². The summed E-state index contributed by atoms with van der Waals surface area (Å²) in [7, 11) is 0. The molecule has 170 valence electrons. The van der Waals surface area contributed by atoms with E-state index in [1.807, 2.05) is 30.3 Å². The van der Waals surface area contributed by atoms with Gasteiger partial charge in [0, 0.05) is 18.1 Å². The molecule has 0 radical (unpaired) electrons. The highest BCUT2D eigenvalue weighted by Crippen LogP contribution is 2.56. The number of amides is 4. The van der Waals surface area contributed by atoms with E-state index >= 15 is 0 Å². The molecule has 7 nitrogen and oxygen atoms in total. The van der Waals surface area contributed by atoms with Gasteiger partial charge in [0.1, 0.15) is 12.1 Å². The topological polar surface area (TPSA) is 78.0 Å². The van der Waals surface area contributed by atoms with E-state index in [4.69, 9.17) is 11.6 Å². The molecule has 5 rings (SSSR count). The minimum Gasteiger partial charge on any atom is -0.327 e. The number of carbonyl (C=O) groups excluding carboxylic acids is 4. The summed E-state index contributed by atoms with van der Waals surface area (Å²) in [5, 5.41) is 0.523. The Morgan fingerprint density at radius 1 is 0.970 bits per heavy atom. The fraction of sp³-hybridized carbons (Fsp3) is 0.360. The maximum Gasteiger partial charge on any atom is 0.249 e. The van der Waals surface area contributed by atoms with Gasteiger partial charge in [0.05, 0.1) is 17.9 Å². The van der Waals surface area contributed by atoms with E-state index in [1.165, 1.54) is 14.7 Å². The van der Waals surface area contributed by atoms with Crippen LogP contribution in [0.4, 0.5) is 0 Å². The van der Waals surface area contributed by atoms with E-state index < -0.39 is 23.4 Å². The number of likely N-dealkylation sites (tertiary alicyclic amines) is 1. The lowest BCUT2D eigenvalue weighted by molar-refractivity contribution is -0.168. The number of fused-ring (bicyclic) bond motifs is 3. The van der Waals surface area contributed by atoms with E-state index in [0.29, 0.717) is 10.6 Å². The molecule has 0 spiro atoms. The van der Waals surface area contributed by atoms with Crippen molar-refractivity contribution < 1.29 is 19.2 Å². The largest absolute Gasteiger partial charge is 0.327 e. The number of rotatable bonds is 4. The number of imide groups is 1. The summed E-state index contributed by atoms with van der Waals surface area (Å²) in [6.07, 6.45) is 0. The Labute approximate surface area is 196 Å². The summed E-state index contributed by atoms with van der Waals surface area (Å²) >= 11 is 6.07. The quantitative estimate of drug-likeness (QED) is 0.650. The lowest BCUT2D eigenvalue weighted by Crippen LogP contribution is -2.67. The van der Waals surface area contributed by atoms with Crippen LogP contribution in [0.5, 0.6) is 0 Å². The molecule has 0 saturated carbocycles. The Kier molecular flexibility index (Phi) is 5.05. The molecule has 33 heavy (non-hydrogen) atoms. The van der Waals surface area contributed by atoms with Crippen LogP contribution in [0.1, 0.15) is 31.0 Å². The summed E-state index contributed by atoms with van der Waals surface area (Å²) in [4.78, 5) is 58.5. The normalized spacial score (nSPS) is 29.1. The van der Waals surface area contributed by atoms with Gasteiger partial charge in [0.2, 0.25) is 23.6 Å². The standard InChI is InChI=1S/C25H24ClN3O4/c1-3-28-22(31)19-20(23(28)32)25(2)24(33)27(13-15-7-5-4-6-8-15)14-18(30)29(25)21(19)16-9-11-17(26)12-10-16/h4-12,19-21H,3,13-14H2,1-2H3/t19?,20?,21?,25-/m1/s1. The summed E-state index contributed by atoms with van der Waals surface area (Å²) in [5.41, 5.74) is 0.133. The van der Waals surface area contributed by atoms with E-state index in [2.05, 4.69) is 0 Å². The van der Waals surface area contributed by atoms with Gasteiger partial charge < -0.3 is 9.80 Å². The fourth-order valence-electron chi connectivity index (χ4n) is 5.80. The third kappa shape index (κ3) is 3.02. The van der Waals surface area contributed by atoms with Gasteiger partial charge in [-0.15, -0.1) is 0 Å². The van der Waals surface area contributed by atoms with Crippen LogP contribution in [-0.2, 0) is 25.7 Å². The van der Waals surface area contributed by atoms with E-state index in [1.54, 1.807) is 38.1 Å². The fourth-order valence-corrected chi connectivity index (χ4v) is 5.93. The van der Waals surface area contributed by atoms with Crippen LogP contribution in [0, 0.1) is 11.8 Å². The van der Waals surface area contributed by atoms with Gasteiger partial charge >= 0.3 is 0 Å². The molecule has 2 aromatic rings. The van der Waals surface area contributed by atoms with Crippen LogP contribution in [0.2, 0.25) is 5.02 Å². The van der Waals surface area contributed by atoms with Gasteiger partial charge in [-0.3, -0.25) is 24.1 Å². The van der Waals surface area contributed by atoms with E-state index in [-0.39, 0.29) is 43.3 Å². The molecular weight excluding hydrogens is 442 g/mol. The van der Waals surface area contributed by atoms with Gasteiger partial charge in [0.25, 0.3) is 0 Å². The minimum atomic E-state index is -1.45. The van der Waals surface area contributed by atoms with Crippen molar-refractivity contribution in [3.8, 4) is 0 Å². The highest BCUT2D eigenvalue weighted by atomic mass is 35.5. The van der Waals surface area contributed by atoms with Crippen LogP contribution in [0.15, 0.2) is 54.6 Å². The Bertz CT molecular complexity index is 1150. The zero-order chi connectivity index (χ0) is 23.5. The number of benzene rings is 2. The van der Waals surface area contributed by atoms with Crippen LogP contribution in [0.3, 0.4) is 0 Å². The zero-order valence-electron chi connectivity index (χ0n) is 18.4. The maximum atomic E-state index is 13.9. The average molecular weight is 466 g/mol. The van der Waals surface area contributed by atoms with Crippen molar-refractivity contribution in [3.05, 3.63) is 70.7 Å². The predicted octanol–water partition coefficient (Wildman–Crippen LogP) is 2.65. The summed E-state index contributed by atoms with van der Waals surface area (Å²) < 4.78 is 0. The number of nitrogens with zero attached hydrogens (tertiary/aromatic N) is 3. The van der Waals surface area contributed by atoms with Crippen molar-refractivity contribution in [1.29, 1.82) is 0 Å². The van der Waals surface area contributed by atoms with Gasteiger partial charge in [-0.05, 0) is 37.1 Å². The minimum absolute atomic E-state index is 0.104. The molecular formula is C25H24ClN3O4. The van der Waals surface area contributed by atoms with Gasteiger partial charge in [-0.25, -0.2) is 0 Å². The molecule has 8 heteroatoms. The molecule has 0 aliphatic carbocycles. The van der Waals surface area contributed by atoms with Crippen molar-refractivity contribution in [2.75, 3.05) is 13.1 Å². The highest BCUT2D eigenvalue weighted by Gasteiger charge is 2.72. The third-order valence-electron chi connectivity index (χ3n) is 7.23. The molecule has 0 bridgehead atoms. The third-order valence-corrected chi connectivity index (χ3v) is 7.48. The number of halogens is 1. The lowest BCUT2D eigenvalue weighted by Gasteiger charge is -2.47. The molecule has 3 heterocycles. The Balaban J connectivity index is 1.62. The SMILES string of the molecule is CCN1C(=O)C2C(c3ccc(Cl)cc3)N3C(=O)CN(Cc4ccccc4)C(=O)[C@@]3(C)C2C1=O. The van der Waals surface area contributed by atoms with Crippen molar-refractivity contribution >= 4 is 35.2 Å². The maximum absolute atomic E-state index is 13.9. The van der Waals surface area contributed by atoms with Crippen LogP contribution < -0.4 is 0 Å². The first-order chi connectivity index (χ1) is 15.8. The number of piperazine rings is 1. The number of carbonyl (C=O) groups is 4. The van der Waals surface area contributed by atoms with E-state index in [0.717, 1.165) is 5.56 Å². The molecule has 3 fully saturated rings. The number of hydrogen-bond donors (Lipinski definition) is 0. The van der Waals surface area contributed by atoms with Crippen LogP contribution in [-0.4, -0.2) is 57.0 Å². The molecule has 4 atom stereocenters. The number of hydrogen-bond acceptors (Lipinski definition) is 4. The second-order valence-corrected chi connectivity index (χ2v) is 9.42. The average Bonchev–Trinajstić information content (AvgIpc) is 3.23. The monoisotopic (exact) mass is 465 g/mol. The predicted molar refractivity (Wildman–Crippen MR) is 121 cm³/mol. The summed E-state index contributed by atoms with van der Waals surface area (Å²) in [6, 6.07) is 15.6. The van der Waals surface area contributed by atoms with Crippen LogP contribution in [0.25, 0.3) is 0 Å². The van der Waals surface area contributed by atoms with Crippen molar-refractivity contribution in [3.63, 3.8) is 0 Å². The van der Waals surface area contributed by atoms with Crippen molar-refractivity contribution in [2.24, 2.45) is 11.8 Å². The Morgan fingerprint density at radius 3 is 2.27 bits per heavy atom. The molecule has 3 aliphatic heterocycles. The molecule has 3 unspecified atom stereocenters. The first kappa shape index (κ1) is 21.6. The lowest BCUT2D eigenvalue weighted by atomic mass is 9.79. The first-order valence-electron chi connectivity index (χ1n) is 11.0. The van der Waals surface area contributed by atoms with Crippen molar-refractivity contribution in [1.82, 2.24) is 14.7 Å². The van der Waals surface area contributed by atoms with Gasteiger partial charge in [-0.2, -0.15) is 0 Å². The summed E-state index contributed by atoms with van der Waals surface area (Å²) in [5.74, 6) is -3.05.